The van der Waals surface area contributed by atoms with Gasteiger partial charge in [-0.2, -0.15) is 0 Å². The van der Waals surface area contributed by atoms with Crippen LogP contribution in [0.4, 0.5) is 0 Å². The fourth-order valence-corrected chi connectivity index (χ4v) is 8.67. The van der Waals surface area contributed by atoms with Crippen LogP contribution in [0.25, 0.3) is 11.0 Å². The lowest BCUT2D eigenvalue weighted by molar-refractivity contribution is -0.142. The van der Waals surface area contributed by atoms with E-state index in [9.17, 15) is 9.59 Å². The van der Waals surface area contributed by atoms with Crippen LogP contribution < -0.4 is 5.56 Å². The molecule has 6 rings (SSSR count). The Morgan fingerprint density at radius 3 is 2.40 bits per heavy atom. The first kappa shape index (κ1) is 29.1. The van der Waals surface area contributed by atoms with Crippen molar-refractivity contribution in [3.63, 3.8) is 0 Å². The molecule has 2 aliphatic carbocycles. The number of nitrogens with zero attached hydrogens (tertiary/aromatic N) is 4. The lowest BCUT2D eigenvalue weighted by atomic mass is 9.68. The van der Waals surface area contributed by atoms with E-state index in [-0.39, 0.29) is 42.7 Å². The molecule has 1 aromatic heterocycles. The molecule has 0 spiro atoms. The van der Waals surface area contributed by atoms with E-state index >= 15 is 0 Å². The largest absolute Gasteiger partial charge is 0.466 e. The first-order valence-corrected chi connectivity index (χ1v) is 16.3. The van der Waals surface area contributed by atoms with E-state index in [0.29, 0.717) is 30.4 Å². The number of piperidine rings is 2. The van der Waals surface area contributed by atoms with E-state index in [2.05, 4.69) is 16.6 Å². The molecule has 8 nitrogen and oxygen atoms in total. The molecule has 2 saturated carbocycles. The second-order valence-electron chi connectivity index (χ2n) is 12.9. The van der Waals surface area contributed by atoms with Gasteiger partial charge in [0, 0.05) is 30.6 Å². The number of carbonyl (C=O) groups excluding carboxylic acids is 1. The molecule has 8 heteroatoms. The number of hydrogen-bond donors (Lipinski definition) is 0. The van der Waals surface area contributed by atoms with Crippen molar-refractivity contribution in [2.24, 2.45) is 17.0 Å². The zero-order chi connectivity index (χ0) is 29.1. The SMILES string of the molecule is C=CCO/N=C(\CCC(=O)OCC)c1nc2ccccc2n(C2CC3CCC[C@H](C2)N3C2CC3CCCC(C3)C2)c1=O. The number of oxime groups is 1. The lowest BCUT2D eigenvalue weighted by Gasteiger charge is -2.55. The highest BCUT2D eigenvalue weighted by atomic mass is 16.6. The Labute approximate surface area is 249 Å². The molecule has 1 aromatic carbocycles. The number of fused-ring (bicyclic) bond motifs is 5. The van der Waals surface area contributed by atoms with Crippen LogP contribution in [0.2, 0.25) is 0 Å². The van der Waals surface area contributed by atoms with Crippen molar-refractivity contribution in [3.8, 4) is 0 Å². The Morgan fingerprint density at radius 2 is 1.69 bits per heavy atom. The van der Waals surface area contributed by atoms with Crippen molar-refractivity contribution in [1.29, 1.82) is 0 Å². The van der Waals surface area contributed by atoms with E-state index in [1.54, 1.807) is 13.0 Å². The molecular formula is C34H46N4O4. The molecule has 226 valence electrons. The molecule has 4 fully saturated rings. The lowest BCUT2D eigenvalue weighted by Crippen LogP contribution is -2.58. The molecule has 0 amide bonds. The number of ether oxygens (including phenoxy) is 1. The van der Waals surface area contributed by atoms with Crippen molar-refractivity contribution in [2.45, 2.75) is 115 Å². The van der Waals surface area contributed by atoms with Crippen molar-refractivity contribution in [2.75, 3.05) is 13.2 Å². The van der Waals surface area contributed by atoms with Crippen molar-refractivity contribution in [3.05, 3.63) is 53.0 Å². The highest BCUT2D eigenvalue weighted by molar-refractivity contribution is 6.00. The van der Waals surface area contributed by atoms with Gasteiger partial charge in [0.05, 0.1) is 24.1 Å². The fourth-order valence-electron chi connectivity index (χ4n) is 8.67. The van der Waals surface area contributed by atoms with Crippen molar-refractivity contribution < 1.29 is 14.4 Å². The van der Waals surface area contributed by atoms with E-state index < -0.39 is 0 Å². The van der Waals surface area contributed by atoms with Gasteiger partial charge >= 0.3 is 5.97 Å². The molecule has 5 atom stereocenters. The summed E-state index contributed by atoms with van der Waals surface area (Å²) in [7, 11) is 0. The number of rotatable bonds is 10. The number of benzene rings is 1. The van der Waals surface area contributed by atoms with Crippen LogP contribution in [0.5, 0.6) is 0 Å². The van der Waals surface area contributed by atoms with E-state index in [0.717, 1.165) is 35.7 Å². The Morgan fingerprint density at radius 1 is 0.976 bits per heavy atom. The van der Waals surface area contributed by atoms with Crippen LogP contribution in [0.1, 0.15) is 102 Å². The van der Waals surface area contributed by atoms with Crippen molar-refractivity contribution in [1.82, 2.24) is 14.5 Å². The maximum Gasteiger partial charge on any atom is 0.306 e. The van der Waals surface area contributed by atoms with Crippen LogP contribution in [0, 0.1) is 11.8 Å². The van der Waals surface area contributed by atoms with E-state index in [4.69, 9.17) is 14.6 Å². The third kappa shape index (κ3) is 6.05. The minimum atomic E-state index is -0.331. The summed E-state index contributed by atoms with van der Waals surface area (Å²) in [5.74, 6) is 1.49. The summed E-state index contributed by atoms with van der Waals surface area (Å²) < 4.78 is 7.14. The Balaban J connectivity index is 1.33. The van der Waals surface area contributed by atoms with Gasteiger partial charge in [0.2, 0.25) is 0 Å². The van der Waals surface area contributed by atoms with Gasteiger partial charge in [-0.25, -0.2) is 4.98 Å². The van der Waals surface area contributed by atoms with Crippen LogP contribution in [0.3, 0.4) is 0 Å². The predicted molar refractivity (Wildman–Crippen MR) is 165 cm³/mol. The van der Waals surface area contributed by atoms with E-state index in [1.165, 1.54) is 57.8 Å². The Hall–Kier alpha value is -3.00. The molecule has 3 heterocycles. The summed E-state index contributed by atoms with van der Waals surface area (Å²) in [5, 5.41) is 4.28. The average Bonchev–Trinajstić information content (AvgIpc) is 2.98. The summed E-state index contributed by atoms with van der Waals surface area (Å²) in [6.07, 6.45) is 16.0. The number of esters is 1. The van der Waals surface area contributed by atoms with Crippen LogP contribution in [-0.2, 0) is 14.4 Å². The van der Waals surface area contributed by atoms with Gasteiger partial charge in [-0.3, -0.25) is 14.5 Å². The third-order valence-electron chi connectivity index (χ3n) is 10.2. The monoisotopic (exact) mass is 574 g/mol. The van der Waals surface area contributed by atoms with Crippen molar-refractivity contribution >= 4 is 22.7 Å². The maximum atomic E-state index is 14.4. The molecule has 4 aliphatic rings. The quantitative estimate of drug-likeness (QED) is 0.111. The maximum absolute atomic E-state index is 14.4. The van der Waals surface area contributed by atoms with Gasteiger partial charge in [0.25, 0.3) is 5.56 Å². The highest BCUT2D eigenvalue weighted by Gasteiger charge is 2.45. The summed E-state index contributed by atoms with van der Waals surface area (Å²) in [4.78, 5) is 39.8. The second kappa shape index (κ2) is 13.1. The topological polar surface area (TPSA) is 86.0 Å². The number of para-hydroxylation sites is 2. The smallest absolute Gasteiger partial charge is 0.306 e. The highest BCUT2D eigenvalue weighted by Crippen LogP contribution is 2.47. The average molecular weight is 575 g/mol. The Kier molecular flexibility index (Phi) is 9.08. The molecule has 0 radical (unpaired) electrons. The molecular weight excluding hydrogens is 528 g/mol. The molecule has 4 unspecified atom stereocenters. The summed E-state index contributed by atoms with van der Waals surface area (Å²) in [5.41, 5.74) is 2.11. The first-order chi connectivity index (χ1) is 20.6. The summed E-state index contributed by atoms with van der Waals surface area (Å²) >= 11 is 0. The Bertz CT molecular complexity index is 1340. The number of aromatic nitrogens is 2. The van der Waals surface area contributed by atoms with Gasteiger partial charge in [0.15, 0.2) is 5.69 Å². The molecule has 2 saturated heterocycles. The predicted octanol–water partition coefficient (Wildman–Crippen LogP) is 6.17. The number of hydrogen-bond acceptors (Lipinski definition) is 7. The molecule has 42 heavy (non-hydrogen) atoms. The summed E-state index contributed by atoms with van der Waals surface area (Å²) in [6, 6.07) is 9.74. The minimum Gasteiger partial charge on any atom is -0.466 e. The number of carbonyl (C=O) groups is 1. The molecule has 2 aliphatic heterocycles. The van der Waals surface area contributed by atoms with Gasteiger partial charge in [-0.05, 0) is 75.8 Å². The van der Waals surface area contributed by atoms with Gasteiger partial charge in [0.1, 0.15) is 12.3 Å². The van der Waals surface area contributed by atoms with Gasteiger partial charge in [-0.15, -0.1) is 0 Å². The second-order valence-corrected chi connectivity index (χ2v) is 12.9. The summed E-state index contributed by atoms with van der Waals surface area (Å²) in [6.45, 7) is 5.99. The van der Waals surface area contributed by atoms with Gasteiger partial charge < -0.3 is 14.1 Å². The van der Waals surface area contributed by atoms with Crippen LogP contribution in [0.15, 0.2) is 46.9 Å². The van der Waals surface area contributed by atoms with Crippen LogP contribution >= 0.6 is 0 Å². The first-order valence-electron chi connectivity index (χ1n) is 16.3. The standard InChI is InChI=1S/C34H46N4O4/c1-3-17-42-36-30(15-16-32(39)41-4-2)33-34(40)38(31-14-6-5-13-29(31)35-33)28-21-25-11-8-12-26(22-28)37(25)27-19-23-9-7-10-24(18-23)20-27/h3,5-6,13-14,23-28H,1,4,7-12,15-22H2,2H3/b36-30+/t23?,24?,25-,26?,27?,28?/m1/s1. The van der Waals surface area contributed by atoms with Gasteiger partial charge in [-0.1, -0.05) is 55.6 Å². The third-order valence-corrected chi connectivity index (χ3v) is 10.2. The zero-order valence-corrected chi connectivity index (χ0v) is 25.1. The van der Waals surface area contributed by atoms with E-state index in [1.807, 2.05) is 28.8 Å². The molecule has 2 aromatic rings. The normalized spacial score (nSPS) is 29.7. The minimum absolute atomic E-state index is 0.0965. The van der Waals surface area contributed by atoms with Crippen LogP contribution in [-0.4, -0.2) is 57.5 Å². The zero-order valence-electron chi connectivity index (χ0n) is 25.1. The molecule has 0 N–H and O–H groups in total. The fraction of sp³-hybridized carbons (Fsp3) is 0.647. The molecule has 4 bridgehead atoms.